The van der Waals surface area contributed by atoms with Crippen molar-refractivity contribution in [1.82, 2.24) is 9.55 Å². The summed E-state index contributed by atoms with van der Waals surface area (Å²) in [5.74, 6) is -0.735. The first-order valence-corrected chi connectivity index (χ1v) is 4.81. The van der Waals surface area contributed by atoms with Gasteiger partial charge >= 0.3 is 5.82 Å². The summed E-state index contributed by atoms with van der Waals surface area (Å²) in [5.41, 5.74) is 0. The van der Waals surface area contributed by atoms with Crippen LogP contribution < -0.4 is 0 Å². The zero-order valence-corrected chi connectivity index (χ0v) is 8.02. The molecule has 0 saturated heterocycles. The van der Waals surface area contributed by atoms with E-state index in [1.165, 1.54) is 17.9 Å². The molecule has 1 heterocycles. The van der Waals surface area contributed by atoms with E-state index in [1.54, 1.807) is 6.07 Å². The van der Waals surface area contributed by atoms with E-state index < -0.39 is 21.5 Å². The molecule has 0 aliphatic heterocycles. The molecule has 0 fully saturated rings. The first-order valence-electron chi connectivity index (χ1n) is 3.49. The van der Waals surface area contributed by atoms with E-state index in [-0.39, 0.29) is 10.8 Å². The molecule has 74 valence electrons. The van der Waals surface area contributed by atoms with E-state index >= 15 is 0 Å². The fraction of sp³-hybridized carbons (Fsp3) is 0.333. The lowest BCUT2D eigenvalue weighted by Crippen LogP contribution is -2.04. The molecule has 0 saturated carbocycles. The second-order valence-corrected chi connectivity index (χ2v) is 3.76. The van der Waals surface area contributed by atoms with Crippen LogP contribution in [0.5, 0.6) is 0 Å². The van der Waals surface area contributed by atoms with Crippen LogP contribution in [0.4, 0.5) is 5.82 Å². The molecule has 0 aliphatic rings. The fourth-order valence-electron chi connectivity index (χ4n) is 0.921. The highest BCUT2D eigenvalue weighted by Gasteiger charge is 2.24. The number of nitro groups is 1. The summed E-state index contributed by atoms with van der Waals surface area (Å²) < 4.78 is 12.7. The molecule has 8 heteroatoms. The number of aryl methyl sites for hydroxylation is 1. The monoisotopic (exact) mass is 214 g/mol. The largest absolute Gasteiger partial charge is 0.398 e. The Morgan fingerprint density at radius 3 is 3.00 bits per heavy atom. The van der Waals surface area contributed by atoms with E-state index in [1.807, 2.05) is 0 Å². The van der Waals surface area contributed by atoms with Gasteiger partial charge in [0.05, 0.1) is 16.9 Å². The van der Waals surface area contributed by atoms with Crippen molar-refractivity contribution in [2.45, 2.75) is 5.03 Å². The van der Waals surface area contributed by atoms with Gasteiger partial charge in [-0.1, -0.05) is 0 Å². The highest BCUT2D eigenvalue weighted by Crippen LogP contribution is 2.18. The van der Waals surface area contributed by atoms with Crippen LogP contribution in [0, 0.1) is 21.4 Å². The summed E-state index contributed by atoms with van der Waals surface area (Å²) in [4.78, 5) is 13.2. The molecule has 0 aliphatic carbocycles. The second-order valence-electron chi connectivity index (χ2n) is 2.39. The number of aromatic nitrogens is 2. The maximum atomic E-state index is 11.4. The molecule has 0 bridgehead atoms. The molecular formula is C6H6N4O3S. The van der Waals surface area contributed by atoms with Gasteiger partial charge in [-0.15, -0.1) is 0 Å². The van der Waals surface area contributed by atoms with Crippen LogP contribution in [0.25, 0.3) is 0 Å². The number of hydrogen-bond donors (Lipinski definition) is 0. The van der Waals surface area contributed by atoms with E-state index in [2.05, 4.69) is 4.98 Å². The van der Waals surface area contributed by atoms with Crippen LogP contribution in [-0.2, 0) is 17.8 Å². The predicted molar refractivity (Wildman–Crippen MR) is 46.8 cm³/mol. The minimum atomic E-state index is -1.70. The van der Waals surface area contributed by atoms with Gasteiger partial charge in [0.2, 0.25) is 11.4 Å². The Balaban J connectivity index is 3.19. The second kappa shape index (κ2) is 3.97. The third-order valence-corrected chi connectivity index (χ3v) is 2.74. The van der Waals surface area contributed by atoms with Crippen LogP contribution in [0.15, 0.2) is 11.4 Å². The fourth-order valence-corrected chi connectivity index (χ4v) is 1.87. The summed E-state index contributed by atoms with van der Waals surface area (Å²) in [6.45, 7) is 0. The Kier molecular flexibility index (Phi) is 2.93. The average Bonchev–Trinajstić information content (AvgIpc) is 2.47. The van der Waals surface area contributed by atoms with Gasteiger partial charge in [0.15, 0.2) is 0 Å². The predicted octanol–water partition coefficient (Wildman–Crippen LogP) is -0.0405. The van der Waals surface area contributed by atoms with Crippen molar-refractivity contribution in [2.75, 3.05) is 5.75 Å². The normalized spacial score (nSPS) is 12.0. The van der Waals surface area contributed by atoms with Crippen LogP contribution in [0.1, 0.15) is 0 Å². The van der Waals surface area contributed by atoms with E-state index in [4.69, 9.17) is 5.26 Å². The van der Waals surface area contributed by atoms with Gasteiger partial charge in [-0.3, -0.25) is 4.21 Å². The van der Waals surface area contributed by atoms with Gasteiger partial charge in [-0.25, -0.2) is 0 Å². The molecule has 0 N–H and O–H groups in total. The van der Waals surface area contributed by atoms with E-state index in [9.17, 15) is 14.3 Å². The first-order chi connectivity index (χ1) is 6.57. The van der Waals surface area contributed by atoms with Crippen LogP contribution >= 0.6 is 0 Å². The Morgan fingerprint density at radius 1 is 1.86 bits per heavy atom. The number of rotatable bonds is 3. The standard InChI is InChI=1S/C6H6N4O3S/c1-9-4-8-5(10(11)12)6(9)14(13)3-2-7/h4H,3H2,1H3/t14-/m1/s1. The van der Waals surface area contributed by atoms with Crippen molar-refractivity contribution >= 4 is 16.6 Å². The molecule has 7 nitrogen and oxygen atoms in total. The maximum absolute atomic E-state index is 11.4. The van der Waals surface area contributed by atoms with Crippen LogP contribution in [-0.4, -0.2) is 24.4 Å². The van der Waals surface area contributed by atoms with Crippen molar-refractivity contribution in [3.05, 3.63) is 16.4 Å². The van der Waals surface area contributed by atoms with Crippen LogP contribution in [0.3, 0.4) is 0 Å². The molecule has 14 heavy (non-hydrogen) atoms. The molecule has 0 spiro atoms. The highest BCUT2D eigenvalue weighted by atomic mass is 32.2. The molecule has 1 rings (SSSR count). The Hall–Kier alpha value is -1.75. The van der Waals surface area contributed by atoms with E-state index in [0.717, 1.165) is 0 Å². The SMILES string of the molecule is Cn1cnc([N+](=O)[O-])c1[S@](=O)CC#N. The Labute approximate surface area is 81.6 Å². The van der Waals surface area contributed by atoms with Crippen molar-refractivity contribution < 1.29 is 9.13 Å². The summed E-state index contributed by atoms with van der Waals surface area (Å²) in [6.07, 6.45) is 1.20. The zero-order chi connectivity index (χ0) is 10.7. The van der Waals surface area contributed by atoms with Crippen molar-refractivity contribution in [3.63, 3.8) is 0 Å². The lowest BCUT2D eigenvalue weighted by atomic mass is 10.8. The van der Waals surface area contributed by atoms with Gasteiger partial charge in [-0.2, -0.15) is 5.26 Å². The molecule has 0 unspecified atom stereocenters. The Bertz CT molecular complexity index is 433. The minimum Gasteiger partial charge on any atom is -0.358 e. The smallest absolute Gasteiger partial charge is 0.358 e. The van der Waals surface area contributed by atoms with Gasteiger partial charge in [-0.05, 0) is 9.91 Å². The molecule has 1 aromatic rings. The summed E-state index contributed by atoms with van der Waals surface area (Å²) in [5, 5.41) is 18.7. The van der Waals surface area contributed by atoms with Gasteiger partial charge in [0.1, 0.15) is 5.75 Å². The molecule has 0 radical (unpaired) electrons. The minimum absolute atomic E-state index is 0.0310. The maximum Gasteiger partial charge on any atom is 0.398 e. The summed E-state index contributed by atoms with van der Waals surface area (Å²) in [6, 6.07) is 1.69. The summed E-state index contributed by atoms with van der Waals surface area (Å²) >= 11 is 0. The lowest BCUT2D eigenvalue weighted by molar-refractivity contribution is -0.392. The third kappa shape index (κ3) is 1.77. The average molecular weight is 214 g/mol. The van der Waals surface area contributed by atoms with Gasteiger partial charge in [0, 0.05) is 7.05 Å². The number of nitriles is 1. The first kappa shape index (κ1) is 10.3. The topological polar surface area (TPSA) is 102 Å². The third-order valence-electron chi connectivity index (χ3n) is 1.45. The van der Waals surface area contributed by atoms with E-state index in [0.29, 0.717) is 0 Å². The highest BCUT2D eigenvalue weighted by molar-refractivity contribution is 7.85. The van der Waals surface area contributed by atoms with Crippen molar-refractivity contribution in [1.29, 1.82) is 5.26 Å². The zero-order valence-electron chi connectivity index (χ0n) is 7.21. The number of hydrogen-bond acceptors (Lipinski definition) is 5. The van der Waals surface area contributed by atoms with Gasteiger partial charge < -0.3 is 14.7 Å². The molecular weight excluding hydrogens is 208 g/mol. The quantitative estimate of drug-likeness (QED) is 0.518. The van der Waals surface area contributed by atoms with Gasteiger partial charge in [0.25, 0.3) is 0 Å². The van der Waals surface area contributed by atoms with Crippen molar-refractivity contribution in [3.8, 4) is 6.07 Å². The summed E-state index contributed by atoms with van der Waals surface area (Å²) in [7, 11) is -0.208. The number of nitrogens with zero attached hydrogens (tertiary/aromatic N) is 4. The molecule has 1 aromatic heterocycles. The van der Waals surface area contributed by atoms with Crippen LogP contribution in [0.2, 0.25) is 0 Å². The molecule has 0 amide bonds. The molecule has 1 atom stereocenters. The van der Waals surface area contributed by atoms with Crippen molar-refractivity contribution in [2.24, 2.45) is 7.05 Å². The molecule has 0 aromatic carbocycles. The lowest BCUT2D eigenvalue weighted by Gasteiger charge is -1.97. The number of imidazole rings is 1. The Morgan fingerprint density at radius 2 is 2.50 bits per heavy atom.